The molecule has 1 N–H and O–H groups in total. The predicted octanol–water partition coefficient (Wildman–Crippen LogP) is 1.26. The molecule has 0 spiro atoms. The number of aliphatic carboxylic acids is 1. The molecule has 19 heavy (non-hydrogen) atoms. The van der Waals surface area contributed by atoms with Gasteiger partial charge in [0.1, 0.15) is 11.6 Å². The summed E-state index contributed by atoms with van der Waals surface area (Å²) in [7, 11) is 0. The summed E-state index contributed by atoms with van der Waals surface area (Å²) in [5.41, 5.74) is 0.0760. The van der Waals surface area contributed by atoms with Gasteiger partial charge in [-0.3, -0.25) is 14.6 Å². The molecule has 5 nitrogen and oxygen atoms in total. The first-order valence-corrected chi connectivity index (χ1v) is 5.73. The van der Waals surface area contributed by atoms with Crippen LogP contribution in [0.3, 0.4) is 0 Å². The number of carboxylic acids is 1. The molecule has 1 atom stereocenters. The first kappa shape index (κ1) is 13.4. The molecule has 0 unspecified atom stereocenters. The van der Waals surface area contributed by atoms with E-state index in [1.165, 1.54) is 12.3 Å². The van der Waals surface area contributed by atoms with Gasteiger partial charge in [-0.15, -0.1) is 0 Å². The van der Waals surface area contributed by atoms with Crippen LogP contribution in [0.1, 0.15) is 16.9 Å². The minimum Gasteiger partial charge on any atom is -0.481 e. The van der Waals surface area contributed by atoms with E-state index in [1.54, 1.807) is 12.1 Å². The van der Waals surface area contributed by atoms with Gasteiger partial charge in [0.05, 0.1) is 6.54 Å². The standard InChI is InChI=1S/C12H12F2N2O3/c13-12(14)7-16(6-4-8(12)11(18)19)10(17)9-3-1-2-5-15-9/h1-3,5,8H,4,6-7H2,(H,18,19)/t8-/m1/s1. The molecule has 1 amide bonds. The maximum atomic E-state index is 13.7. The summed E-state index contributed by atoms with van der Waals surface area (Å²) in [5.74, 6) is -7.30. The van der Waals surface area contributed by atoms with Crippen molar-refractivity contribution in [2.45, 2.75) is 12.3 Å². The lowest BCUT2D eigenvalue weighted by Gasteiger charge is -2.36. The molecular weight excluding hydrogens is 258 g/mol. The Labute approximate surface area is 107 Å². The molecule has 1 aliphatic rings. The van der Waals surface area contributed by atoms with Crippen LogP contribution >= 0.6 is 0 Å². The molecule has 2 heterocycles. The summed E-state index contributed by atoms with van der Waals surface area (Å²) in [6, 6.07) is 4.63. The number of carboxylic acid groups (broad SMARTS) is 1. The maximum absolute atomic E-state index is 13.7. The topological polar surface area (TPSA) is 70.5 Å². The van der Waals surface area contributed by atoms with Crippen LogP contribution in [0.5, 0.6) is 0 Å². The van der Waals surface area contributed by atoms with E-state index in [9.17, 15) is 18.4 Å². The molecule has 1 aromatic heterocycles. The van der Waals surface area contributed by atoms with Crippen molar-refractivity contribution in [3.8, 4) is 0 Å². The first-order chi connectivity index (χ1) is 8.92. The van der Waals surface area contributed by atoms with E-state index in [-0.39, 0.29) is 18.7 Å². The summed E-state index contributed by atoms with van der Waals surface area (Å²) >= 11 is 0. The average Bonchev–Trinajstić information content (AvgIpc) is 2.37. The summed E-state index contributed by atoms with van der Waals surface area (Å²) in [4.78, 5) is 27.4. The highest BCUT2D eigenvalue weighted by atomic mass is 19.3. The Morgan fingerprint density at radius 3 is 2.68 bits per heavy atom. The number of alkyl halides is 2. The number of carbonyl (C=O) groups excluding carboxylic acids is 1. The van der Waals surface area contributed by atoms with E-state index in [1.807, 2.05) is 0 Å². The minimum atomic E-state index is -3.42. The quantitative estimate of drug-likeness (QED) is 0.878. The lowest BCUT2D eigenvalue weighted by molar-refractivity contribution is -0.165. The van der Waals surface area contributed by atoms with Crippen molar-refractivity contribution < 1.29 is 23.5 Å². The molecule has 1 aliphatic heterocycles. The zero-order valence-corrected chi connectivity index (χ0v) is 9.92. The van der Waals surface area contributed by atoms with Crippen LogP contribution in [0.2, 0.25) is 0 Å². The highest BCUT2D eigenvalue weighted by molar-refractivity contribution is 5.92. The largest absolute Gasteiger partial charge is 0.481 e. The van der Waals surface area contributed by atoms with Crippen molar-refractivity contribution in [1.29, 1.82) is 0 Å². The van der Waals surface area contributed by atoms with Crippen LogP contribution < -0.4 is 0 Å². The zero-order valence-electron chi connectivity index (χ0n) is 9.92. The number of likely N-dealkylation sites (tertiary alicyclic amines) is 1. The Balaban J connectivity index is 2.13. The van der Waals surface area contributed by atoms with Gasteiger partial charge in [0.2, 0.25) is 0 Å². The molecule has 0 aliphatic carbocycles. The fraction of sp³-hybridized carbons (Fsp3) is 0.417. The SMILES string of the molecule is O=C(O)[C@H]1CCN(C(=O)c2ccccn2)CC1(F)F. The third-order valence-electron chi connectivity index (χ3n) is 3.07. The number of nitrogens with zero attached hydrogens (tertiary/aromatic N) is 2. The van der Waals surface area contributed by atoms with Crippen LogP contribution in [-0.2, 0) is 4.79 Å². The fourth-order valence-electron chi connectivity index (χ4n) is 2.07. The highest BCUT2D eigenvalue weighted by Crippen LogP contribution is 2.33. The molecule has 1 fully saturated rings. The first-order valence-electron chi connectivity index (χ1n) is 5.73. The number of rotatable bonds is 2. The summed E-state index contributed by atoms with van der Waals surface area (Å²) in [6.07, 6.45) is 1.14. The predicted molar refractivity (Wildman–Crippen MR) is 60.8 cm³/mol. The normalized spacial score (nSPS) is 22.0. The number of hydrogen-bond donors (Lipinski definition) is 1. The van der Waals surface area contributed by atoms with Crippen molar-refractivity contribution in [3.05, 3.63) is 30.1 Å². The van der Waals surface area contributed by atoms with Crippen LogP contribution in [0.4, 0.5) is 8.78 Å². The lowest BCUT2D eigenvalue weighted by atomic mass is 9.93. The molecule has 2 rings (SSSR count). The van der Waals surface area contributed by atoms with Crippen molar-refractivity contribution >= 4 is 11.9 Å². The second-order valence-electron chi connectivity index (χ2n) is 4.38. The third kappa shape index (κ3) is 2.69. The molecule has 1 saturated heterocycles. The second kappa shape index (κ2) is 4.91. The van der Waals surface area contributed by atoms with Crippen molar-refractivity contribution in [2.75, 3.05) is 13.1 Å². The minimum absolute atomic E-state index is 0.0119. The number of amides is 1. The summed E-state index contributed by atoms with van der Waals surface area (Å²) in [5, 5.41) is 8.72. The van der Waals surface area contributed by atoms with Crippen molar-refractivity contribution in [3.63, 3.8) is 0 Å². The average molecular weight is 270 g/mol. The smallest absolute Gasteiger partial charge is 0.312 e. The summed E-state index contributed by atoms with van der Waals surface area (Å²) in [6.45, 7) is -0.901. The molecule has 102 valence electrons. The maximum Gasteiger partial charge on any atom is 0.312 e. The van der Waals surface area contributed by atoms with Gasteiger partial charge in [-0.25, -0.2) is 8.78 Å². The van der Waals surface area contributed by atoms with Crippen molar-refractivity contribution in [1.82, 2.24) is 9.88 Å². The van der Waals surface area contributed by atoms with E-state index < -0.39 is 30.3 Å². The number of carbonyl (C=O) groups is 2. The van der Waals surface area contributed by atoms with Gasteiger partial charge in [-0.05, 0) is 18.6 Å². The van der Waals surface area contributed by atoms with Gasteiger partial charge in [-0.2, -0.15) is 0 Å². The Kier molecular flexibility index (Phi) is 3.46. The molecule has 0 bridgehead atoms. The number of halogens is 2. The van der Waals surface area contributed by atoms with E-state index in [0.29, 0.717) is 0 Å². The third-order valence-corrected chi connectivity index (χ3v) is 3.07. The van der Waals surface area contributed by atoms with Gasteiger partial charge in [0.25, 0.3) is 11.8 Å². The van der Waals surface area contributed by atoms with Gasteiger partial charge in [0.15, 0.2) is 0 Å². The molecular formula is C12H12F2N2O3. The number of aromatic nitrogens is 1. The van der Waals surface area contributed by atoms with Gasteiger partial charge in [0, 0.05) is 12.7 Å². The van der Waals surface area contributed by atoms with Gasteiger partial charge < -0.3 is 10.0 Å². The van der Waals surface area contributed by atoms with E-state index >= 15 is 0 Å². The molecule has 1 aromatic rings. The fourth-order valence-corrected chi connectivity index (χ4v) is 2.07. The van der Waals surface area contributed by atoms with Gasteiger partial charge in [-0.1, -0.05) is 6.07 Å². The van der Waals surface area contributed by atoms with E-state index in [4.69, 9.17) is 5.11 Å². The highest BCUT2D eigenvalue weighted by Gasteiger charge is 2.49. The Hall–Kier alpha value is -2.05. The van der Waals surface area contributed by atoms with E-state index in [2.05, 4.69) is 4.98 Å². The monoisotopic (exact) mass is 270 g/mol. The zero-order chi connectivity index (χ0) is 14.0. The molecule has 7 heteroatoms. The van der Waals surface area contributed by atoms with Crippen LogP contribution in [-0.4, -0.2) is 45.9 Å². The van der Waals surface area contributed by atoms with E-state index in [0.717, 1.165) is 4.90 Å². The number of pyridine rings is 1. The molecule has 0 radical (unpaired) electrons. The second-order valence-corrected chi connectivity index (χ2v) is 4.38. The molecule has 0 saturated carbocycles. The van der Waals surface area contributed by atoms with Crippen LogP contribution in [0.15, 0.2) is 24.4 Å². The van der Waals surface area contributed by atoms with Crippen LogP contribution in [0.25, 0.3) is 0 Å². The van der Waals surface area contributed by atoms with Crippen LogP contribution in [0, 0.1) is 5.92 Å². The number of piperidine rings is 1. The number of hydrogen-bond acceptors (Lipinski definition) is 3. The Bertz CT molecular complexity index is 493. The Morgan fingerprint density at radius 1 is 1.42 bits per heavy atom. The Morgan fingerprint density at radius 2 is 2.16 bits per heavy atom. The summed E-state index contributed by atoms with van der Waals surface area (Å²) < 4.78 is 27.3. The van der Waals surface area contributed by atoms with Crippen molar-refractivity contribution in [2.24, 2.45) is 5.92 Å². The van der Waals surface area contributed by atoms with Gasteiger partial charge >= 0.3 is 5.97 Å². The molecule has 0 aromatic carbocycles. The lowest BCUT2D eigenvalue weighted by Crippen LogP contribution is -2.53.